The number of nitrogens with zero attached hydrogens (tertiary/aromatic N) is 1. The number of nitrogens with two attached hydrogens (primary N) is 1. The molecule has 0 radical (unpaired) electrons. The fraction of sp³-hybridized carbons (Fsp3) is 0.632. The molecular formula is C19H29N3O. The van der Waals surface area contributed by atoms with Crippen molar-refractivity contribution in [3.8, 4) is 0 Å². The third-order valence-corrected chi connectivity index (χ3v) is 5.45. The van der Waals surface area contributed by atoms with Crippen LogP contribution >= 0.6 is 0 Å². The first-order chi connectivity index (χ1) is 11.2. The Morgan fingerprint density at radius 1 is 1.30 bits per heavy atom. The van der Waals surface area contributed by atoms with Crippen LogP contribution in [0.3, 0.4) is 0 Å². The van der Waals surface area contributed by atoms with E-state index in [2.05, 4.69) is 47.5 Å². The van der Waals surface area contributed by atoms with Crippen molar-refractivity contribution in [2.24, 2.45) is 17.6 Å². The van der Waals surface area contributed by atoms with Gasteiger partial charge in [-0.3, -0.25) is 9.69 Å². The average molecular weight is 315 g/mol. The van der Waals surface area contributed by atoms with E-state index in [1.165, 1.54) is 12.0 Å². The fourth-order valence-corrected chi connectivity index (χ4v) is 4.24. The van der Waals surface area contributed by atoms with E-state index < -0.39 is 0 Å². The lowest BCUT2D eigenvalue weighted by molar-refractivity contribution is -0.123. The molecule has 0 aromatic heterocycles. The van der Waals surface area contributed by atoms with E-state index in [4.69, 9.17) is 5.73 Å². The summed E-state index contributed by atoms with van der Waals surface area (Å²) in [5.74, 6) is 1.36. The molecule has 1 amide bonds. The normalized spacial score (nSPS) is 28.5. The predicted octanol–water partition coefficient (Wildman–Crippen LogP) is 2.14. The minimum atomic E-state index is -0.346. The van der Waals surface area contributed by atoms with Gasteiger partial charge in [0.25, 0.3) is 0 Å². The number of rotatable bonds is 6. The van der Waals surface area contributed by atoms with Crippen molar-refractivity contribution in [3.05, 3.63) is 35.9 Å². The average Bonchev–Trinajstić information content (AvgIpc) is 3.10. The van der Waals surface area contributed by atoms with Crippen LogP contribution in [0.25, 0.3) is 0 Å². The van der Waals surface area contributed by atoms with Gasteiger partial charge in [0.15, 0.2) is 0 Å². The van der Waals surface area contributed by atoms with Crippen LogP contribution in [-0.2, 0) is 11.3 Å². The minimum absolute atomic E-state index is 0.0407. The van der Waals surface area contributed by atoms with E-state index in [-0.39, 0.29) is 11.9 Å². The Labute approximate surface area is 139 Å². The van der Waals surface area contributed by atoms with E-state index >= 15 is 0 Å². The SMILES string of the molecule is CCCC(N)C(=O)NC1CC[C@H]2CN(Cc3ccccc3)CC12. The van der Waals surface area contributed by atoms with Crippen LogP contribution in [0.1, 0.15) is 38.2 Å². The number of carbonyl (C=O) groups is 1. The summed E-state index contributed by atoms with van der Waals surface area (Å²) in [6, 6.07) is 10.6. The Hall–Kier alpha value is -1.39. The van der Waals surface area contributed by atoms with Crippen molar-refractivity contribution in [2.45, 2.75) is 51.2 Å². The molecule has 4 nitrogen and oxygen atoms in total. The van der Waals surface area contributed by atoms with Crippen molar-refractivity contribution in [3.63, 3.8) is 0 Å². The monoisotopic (exact) mass is 315 g/mol. The van der Waals surface area contributed by atoms with Gasteiger partial charge >= 0.3 is 0 Å². The van der Waals surface area contributed by atoms with Crippen LogP contribution in [0.4, 0.5) is 0 Å². The first-order valence-electron chi connectivity index (χ1n) is 8.99. The predicted molar refractivity (Wildman–Crippen MR) is 92.7 cm³/mol. The lowest BCUT2D eigenvalue weighted by atomic mass is 9.97. The van der Waals surface area contributed by atoms with Crippen molar-refractivity contribution in [2.75, 3.05) is 13.1 Å². The molecule has 0 spiro atoms. The molecule has 1 saturated heterocycles. The highest BCUT2D eigenvalue weighted by Crippen LogP contribution is 2.38. The number of fused-ring (bicyclic) bond motifs is 1. The fourth-order valence-electron chi connectivity index (χ4n) is 4.24. The van der Waals surface area contributed by atoms with Gasteiger partial charge in [-0.05, 0) is 36.7 Å². The quantitative estimate of drug-likeness (QED) is 0.845. The summed E-state index contributed by atoms with van der Waals surface area (Å²) in [6.07, 6.45) is 4.06. The molecule has 4 heteroatoms. The molecule has 3 rings (SSSR count). The summed E-state index contributed by atoms with van der Waals surface area (Å²) in [7, 11) is 0. The first-order valence-corrected chi connectivity index (χ1v) is 8.99. The largest absolute Gasteiger partial charge is 0.352 e. The van der Waals surface area contributed by atoms with Gasteiger partial charge in [0.2, 0.25) is 5.91 Å². The van der Waals surface area contributed by atoms with Crippen LogP contribution in [0, 0.1) is 11.8 Å². The van der Waals surface area contributed by atoms with Crippen molar-refractivity contribution >= 4 is 5.91 Å². The second kappa shape index (κ2) is 7.45. The number of carbonyl (C=O) groups excluding carboxylic acids is 1. The zero-order valence-corrected chi connectivity index (χ0v) is 14.1. The molecule has 1 heterocycles. The molecule has 1 aliphatic heterocycles. The van der Waals surface area contributed by atoms with Crippen LogP contribution in [0.5, 0.6) is 0 Å². The molecule has 2 fully saturated rings. The molecule has 0 bridgehead atoms. The van der Waals surface area contributed by atoms with Gasteiger partial charge in [-0.25, -0.2) is 0 Å². The molecule has 3 unspecified atom stereocenters. The third-order valence-electron chi connectivity index (χ3n) is 5.45. The standard InChI is InChI=1S/C19H29N3O/c1-2-6-17(20)19(23)21-18-10-9-15-12-22(13-16(15)18)11-14-7-4-3-5-8-14/h3-5,7-8,15-18H,2,6,9-13,20H2,1H3,(H,21,23)/t15-,16?,17?,18?/m0/s1. The molecule has 4 atom stereocenters. The number of hydrogen-bond donors (Lipinski definition) is 2. The second-order valence-corrected chi connectivity index (χ2v) is 7.19. The smallest absolute Gasteiger partial charge is 0.237 e. The Kier molecular flexibility index (Phi) is 5.34. The Bertz CT molecular complexity index is 519. The highest BCUT2D eigenvalue weighted by atomic mass is 16.2. The van der Waals surface area contributed by atoms with Gasteiger partial charge in [-0.2, -0.15) is 0 Å². The van der Waals surface area contributed by atoms with Crippen molar-refractivity contribution in [1.82, 2.24) is 10.2 Å². The van der Waals surface area contributed by atoms with Crippen LogP contribution in [-0.4, -0.2) is 36.0 Å². The molecule has 23 heavy (non-hydrogen) atoms. The number of benzene rings is 1. The van der Waals surface area contributed by atoms with Gasteiger partial charge in [-0.15, -0.1) is 0 Å². The maximum atomic E-state index is 12.2. The van der Waals surface area contributed by atoms with Crippen molar-refractivity contribution < 1.29 is 4.79 Å². The second-order valence-electron chi connectivity index (χ2n) is 7.19. The van der Waals surface area contributed by atoms with Gasteiger partial charge in [-0.1, -0.05) is 43.7 Å². The van der Waals surface area contributed by atoms with Gasteiger partial charge in [0, 0.05) is 25.7 Å². The lowest BCUT2D eigenvalue weighted by Crippen LogP contribution is -2.47. The Morgan fingerprint density at radius 3 is 2.83 bits per heavy atom. The zero-order valence-electron chi connectivity index (χ0n) is 14.1. The highest BCUT2D eigenvalue weighted by Gasteiger charge is 2.43. The number of hydrogen-bond acceptors (Lipinski definition) is 3. The van der Waals surface area contributed by atoms with Gasteiger partial charge in [0.05, 0.1) is 6.04 Å². The summed E-state index contributed by atoms with van der Waals surface area (Å²) < 4.78 is 0. The van der Waals surface area contributed by atoms with E-state index in [1.54, 1.807) is 0 Å². The Balaban J connectivity index is 1.53. The van der Waals surface area contributed by atoms with Crippen LogP contribution < -0.4 is 11.1 Å². The maximum Gasteiger partial charge on any atom is 0.237 e. The summed E-state index contributed by atoms with van der Waals surface area (Å²) in [4.78, 5) is 14.7. The summed E-state index contributed by atoms with van der Waals surface area (Å²) in [5.41, 5.74) is 7.32. The number of amides is 1. The highest BCUT2D eigenvalue weighted by molar-refractivity contribution is 5.81. The van der Waals surface area contributed by atoms with Gasteiger partial charge in [0.1, 0.15) is 0 Å². The van der Waals surface area contributed by atoms with E-state index in [0.29, 0.717) is 12.0 Å². The minimum Gasteiger partial charge on any atom is -0.352 e. The maximum absolute atomic E-state index is 12.2. The summed E-state index contributed by atoms with van der Waals surface area (Å²) >= 11 is 0. The van der Waals surface area contributed by atoms with E-state index in [0.717, 1.165) is 44.8 Å². The summed E-state index contributed by atoms with van der Waals surface area (Å²) in [5, 5.41) is 3.23. The molecule has 1 saturated carbocycles. The Morgan fingerprint density at radius 2 is 2.09 bits per heavy atom. The van der Waals surface area contributed by atoms with Crippen LogP contribution in [0.15, 0.2) is 30.3 Å². The summed E-state index contributed by atoms with van der Waals surface area (Å²) in [6.45, 7) is 5.33. The van der Waals surface area contributed by atoms with Crippen LogP contribution in [0.2, 0.25) is 0 Å². The molecule has 126 valence electrons. The molecule has 1 aromatic rings. The molecule has 1 aliphatic carbocycles. The van der Waals surface area contributed by atoms with Crippen molar-refractivity contribution in [1.29, 1.82) is 0 Å². The number of nitrogens with one attached hydrogen (secondary N) is 1. The van der Waals surface area contributed by atoms with E-state index in [1.807, 2.05) is 0 Å². The topological polar surface area (TPSA) is 58.4 Å². The number of likely N-dealkylation sites (tertiary alicyclic amines) is 1. The zero-order chi connectivity index (χ0) is 16.2. The molecule has 1 aromatic carbocycles. The lowest BCUT2D eigenvalue weighted by Gasteiger charge is -2.23. The molecule has 2 aliphatic rings. The van der Waals surface area contributed by atoms with Gasteiger partial charge < -0.3 is 11.1 Å². The first kappa shape index (κ1) is 16.5. The third kappa shape index (κ3) is 3.93. The molecule has 3 N–H and O–H groups in total. The van der Waals surface area contributed by atoms with E-state index in [9.17, 15) is 4.79 Å². The molecular weight excluding hydrogens is 286 g/mol.